The molecule has 0 aliphatic heterocycles. The zero-order valence-corrected chi connectivity index (χ0v) is 17.1. The van der Waals surface area contributed by atoms with Crippen LogP contribution in [0.5, 0.6) is 0 Å². The number of benzene rings is 1. The summed E-state index contributed by atoms with van der Waals surface area (Å²) in [6.45, 7) is 0.641. The lowest BCUT2D eigenvalue weighted by Gasteiger charge is -2.28. The second-order valence-electron chi connectivity index (χ2n) is 7.39. The van der Waals surface area contributed by atoms with Gasteiger partial charge in [0.25, 0.3) is 0 Å². The fourth-order valence-corrected chi connectivity index (χ4v) is 3.37. The standard InChI is InChI=1S/C19H32N10/c1-29(2)19(24)28-17(22)25-11-12-5-3-6-13(9-12)14-7-4-8-15(10-14)26-18(23)27-16(20)21/h4,7-8,10,12-13H,3,5-6,9,11H2,1-2H3,(H4,22,24,25,28)(H6,20,21,23,26,27). The van der Waals surface area contributed by atoms with Crippen LogP contribution < -0.4 is 28.7 Å². The van der Waals surface area contributed by atoms with E-state index in [1.54, 1.807) is 19.0 Å². The third kappa shape index (κ3) is 7.32. The lowest BCUT2D eigenvalue weighted by Crippen LogP contribution is -2.32. The SMILES string of the molecule is CN(C)C(N)=NC(N)=NCC1CCCC(c2cccc(N=C(N)N=C(N)N)c2)C1. The van der Waals surface area contributed by atoms with Crippen molar-refractivity contribution >= 4 is 29.5 Å². The largest absolute Gasteiger partial charge is 0.370 e. The number of hydrogen-bond acceptors (Lipinski definition) is 2. The van der Waals surface area contributed by atoms with E-state index in [-0.39, 0.29) is 17.9 Å². The Balaban J connectivity index is 2.05. The van der Waals surface area contributed by atoms with Crippen LogP contribution in [-0.4, -0.2) is 49.4 Å². The van der Waals surface area contributed by atoms with Gasteiger partial charge in [0.1, 0.15) is 0 Å². The Bertz CT molecular complexity index is 805. The fourth-order valence-electron chi connectivity index (χ4n) is 3.37. The average Bonchev–Trinajstić information content (AvgIpc) is 2.66. The molecule has 1 aromatic carbocycles. The molecule has 1 saturated carbocycles. The minimum absolute atomic E-state index is 0.0334. The van der Waals surface area contributed by atoms with Crippen LogP contribution in [-0.2, 0) is 0 Å². The summed E-state index contributed by atoms with van der Waals surface area (Å²) in [5, 5.41) is 0. The molecule has 0 saturated heterocycles. The zero-order valence-electron chi connectivity index (χ0n) is 17.1. The van der Waals surface area contributed by atoms with Crippen LogP contribution in [0, 0.1) is 5.92 Å². The zero-order chi connectivity index (χ0) is 21.4. The summed E-state index contributed by atoms with van der Waals surface area (Å²) >= 11 is 0. The molecule has 2 unspecified atom stereocenters. The maximum absolute atomic E-state index is 5.88. The van der Waals surface area contributed by atoms with Crippen molar-refractivity contribution in [2.75, 3.05) is 20.6 Å². The molecule has 1 aliphatic rings. The van der Waals surface area contributed by atoms with Gasteiger partial charge in [-0.25, -0.2) is 4.99 Å². The van der Waals surface area contributed by atoms with E-state index in [4.69, 9.17) is 28.7 Å². The van der Waals surface area contributed by atoms with Gasteiger partial charge in [0.15, 0.2) is 11.9 Å². The van der Waals surface area contributed by atoms with Crippen molar-refractivity contribution in [1.29, 1.82) is 0 Å². The Hall–Kier alpha value is -3.30. The van der Waals surface area contributed by atoms with Crippen LogP contribution >= 0.6 is 0 Å². The van der Waals surface area contributed by atoms with Crippen LogP contribution in [0.1, 0.15) is 37.2 Å². The van der Waals surface area contributed by atoms with E-state index < -0.39 is 0 Å². The number of rotatable bonds is 4. The second kappa shape index (κ2) is 10.3. The Kier molecular flexibility index (Phi) is 7.81. The summed E-state index contributed by atoms with van der Waals surface area (Å²) < 4.78 is 0. The molecule has 1 aromatic rings. The third-order valence-corrected chi connectivity index (χ3v) is 4.81. The van der Waals surface area contributed by atoms with E-state index in [2.05, 4.69) is 26.0 Å². The molecule has 10 heteroatoms. The molecule has 0 radical (unpaired) electrons. The molecular formula is C19H32N10. The first-order valence-corrected chi connectivity index (χ1v) is 9.59. The molecule has 2 atom stereocenters. The van der Waals surface area contributed by atoms with Crippen molar-refractivity contribution < 1.29 is 0 Å². The molecule has 0 aromatic heterocycles. The van der Waals surface area contributed by atoms with Gasteiger partial charge in [0.05, 0.1) is 5.69 Å². The highest BCUT2D eigenvalue weighted by atomic mass is 15.2. The van der Waals surface area contributed by atoms with Crippen LogP contribution in [0.2, 0.25) is 0 Å². The van der Waals surface area contributed by atoms with E-state index >= 15 is 0 Å². The van der Waals surface area contributed by atoms with Gasteiger partial charge in [-0.15, -0.1) is 0 Å². The van der Waals surface area contributed by atoms with Gasteiger partial charge >= 0.3 is 0 Å². The van der Waals surface area contributed by atoms with Crippen molar-refractivity contribution in [2.24, 2.45) is 54.6 Å². The molecule has 0 spiro atoms. The third-order valence-electron chi connectivity index (χ3n) is 4.81. The predicted octanol–water partition coefficient (Wildman–Crippen LogP) is 0.371. The maximum Gasteiger partial charge on any atom is 0.223 e. The Morgan fingerprint density at radius 2 is 1.79 bits per heavy atom. The monoisotopic (exact) mass is 400 g/mol. The lowest BCUT2D eigenvalue weighted by molar-refractivity contribution is 0.329. The van der Waals surface area contributed by atoms with Crippen LogP contribution in [0.4, 0.5) is 5.69 Å². The summed E-state index contributed by atoms with van der Waals surface area (Å²) in [7, 11) is 3.61. The van der Waals surface area contributed by atoms with Crippen molar-refractivity contribution in [1.82, 2.24) is 4.90 Å². The Morgan fingerprint density at radius 3 is 2.48 bits per heavy atom. The van der Waals surface area contributed by atoms with E-state index in [1.165, 1.54) is 5.56 Å². The topological polar surface area (TPSA) is 183 Å². The molecule has 158 valence electrons. The molecule has 1 aliphatic carbocycles. The molecule has 0 bridgehead atoms. The highest BCUT2D eigenvalue weighted by molar-refractivity contribution is 5.94. The van der Waals surface area contributed by atoms with Gasteiger partial charge in [-0.2, -0.15) is 9.98 Å². The van der Waals surface area contributed by atoms with Gasteiger partial charge in [-0.3, -0.25) is 4.99 Å². The molecular weight excluding hydrogens is 368 g/mol. The summed E-state index contributed by atoms with van der Waals surface area (Å²) in [4.78, 5) is 18.2. The fraction of sp³-hybridized carbons (Fsp3) is 0.474. The van der Waals surface area contributed by atoms with Crippen LogP contribution in [0.25, 0.3) is 0 Å². The van der Waals surface area contributed by atoms with E-state index in [1.807, 2.05) is 18.2 Å². The number of nitrogens with two attached hydrogens (primary N) is 5. The first-order chi connectivity index (χ1) is 13.7. The van der Waals surface area contributed by atoms with Crippen molar-refractivity contribution in [2.45, 2.75) is 31.6 Å². The minimum atomic E-state index is -0.117. The first-order valence-electron chi connectivity index (χ1n) is 9.59. The smallest absolute Gasteiger partial charge is 0.223 e. The van der Waals surface area contributed by atoms with Gasteiger partial charge in [-0.1, -0.05) is 18.6 Å². The minimum Gasteiger partial charge on any atom is -0.370 e. The molecule has 29 heavy (non-hydrogen) atoms. The summed E-state index contributed by atoms with van der Waals surface area (Å²) in [6, 6.07) is 7.98. The lowest BCUT2D eigenvalue weighted by atomic mass is 9.78. The average molecular weight is 401 g/mol. The Morgan fingerprint density at radius 1 is 1.03 bits per heavy atom. The Labute approximate surface area is 171 Å². The summed E-state index contributed by atoms with van der Waals surface area (Å²) in [6.07, 6.45) is 4.41. The highest BCUT2D eigenvalue weighted by Crippen LogP contribution is 2.37. The maximum atomic E-state index is 5.88. The molecule has 2 rings (SSSR count). The van der Waals surface area contributed by atoms with Gasteiger partial charge < -0.3 is 33.6 Å². The van der Waals surface area contributed by atoms with Gasteiger partial charge in [0, 0.05) is 20.6 Å². The summed E-state index contributed by atoms with van der Waals surface area (Å²) in [5.74, 6) is 1.34. The van der Waals surface area contributed by atoms with Crippen LogP contribution in [0.15, 0.2) is 44.2 Å². The summed E-state index contributed by atoms with van der Waals surface area (Å²) in [5.41, 5.74) is 30.0. The van der Waals surface area contributed by atoms with Crippen molar-refractivity contribution in [3.05, 3.63) is 29.8 Å². The van der Waals surface area contributed by atoms with Crippen LogP contribution in [0.3, 0.4) is 0 Å². The normalized spacial score (nSPS) is 21.0. The molecule has 1 fully saturated rings. The molecule has 10 N–H and O–H groups in total. The first kappa shape index (κ1) is 22.0. The second-order valence-corrected chi connectivity index (χ2v) is 7.39. The molecule has 0 heterocycles. The van der Waals surface area contributed by atoms with E-state index in [0.29, 0.717) is 24.3 Å². The number of guanidine groups is 4. The van der Waals surface area contributed by atoms with E-state index in [0.717, 1.165) is 31.4 Å². The molecule has 10 nitrogen and oxygen atoms in total. The number of aliphatic imine (C=N–C) groups is 4. The number of nitrogens with zero attached hydrogens (tertiary/aromatic N) is 5. The van der Waals surface area contributed by atoms with Gasteiger partial charge in [0.2, 0.25) is 11.9 Å². The number of hydrogen-bond donors (Lipinski definition) is 5. The van der Waals surface area contributed by atoms with Crippen molar-refractivity contribution in [3.8, 4) is 0 Å². The highest BCUT2D eigenvalue weighted by Gasteiger charge is 2.23. The van der Waals surface area contributed by atoms with E-state index in [9.17, 15) is 0 Å². The van der Waals surface area contributed by atoms with Gasteiger partial charge in [-0.05, 0) is 48.8 Å². The molecule has 0 amide bonds. The quantitative estimate of drug-likeness (QED) is 0.359. The van der Waals surface area contributed by atoms with Crippen molar-refractivity contribution in [3.63, 3.8) is 0 Å². The predicted molar refractivity (Wildman–Crippen MR) is 120 cm³/mol.